The van der Waals surface area contributed by atoms with E-state index in [0.29, 0.717) is 23.6 Å². The van der Waals surface area contributed by atoms with Gasteiger partial charge in [-0.1, -0.05) is 0 Å². The minimum atomic E-state index is 0.0307. The molecule has 2 fully saturated rings. The molecule has 0 saturated carbocycles. The second-order valence-corrected chi connectivity index (χ2v) is 7.45. The second-order valence-electron chi connectivity index (χ2n) is 7.45. The van der Waals surface area contributed by atoms with Crippen LogP contribution in [-0.2, 0) is 11.2 Å². The number of amides is 1. The number of piperidine rings is 1. The number of rotatable bonds is 2. The molecule has 1 N–H and O–H groups in total. The molecule has 6 heteroatoms. The minimum absolute atomic E-state index is 0.0307. The molecule has 0 aromatic carbocycles. The SMILES string of the molecule is Cc1[nH]c2c(c1C(=O)N1CCC[C@@H](N3CCOCC3)C1)C(=O)CCC2. The van der Waals surface area contributed by atoms with Crippen molar-refractivity contribution in [2.75, 3.05) is 39.4 Å². The molecule has 2 saturated heterocycles. The Morgan fingerprint density at radius 3 is 2.76 bits per heavy atom. The largest absolute Gasteiger partial charge is 0.379 e. The summed E-state index contributed by atoms with van der Waals surface area (Å²) in [7, 11) is 0. The van der Waals surface area contributed by atoms with Gasteiger partial charge in [-0.25, -0.2) is 0 Å². The normalized spacial score (nSPS) is 25.1. The van der Waals surface area contributed by atoms with E-state index >= 15 is 0 Å². The predicted octanol–water partition coefficient (Wildman–Crippen LogP) is 1.78. The quantitative estimate of drug-likeness (QED) is 0.887. The fourth-order valence-electron chi connectivity index (χ4n) is 4.54. The Hall–Kier alpha value is -1.66. The molecule has 1 aliphatic carbocycles. The van der Waals surface area contributed by atoms with Crippen LogP contribution in [0.5, 0.6) is 0 Å². The molecule has 0 unspecified atom stereocenters. The number of aryl methyl sites for hydroxylation is 2. The standard InChI is InChI=1S/C19H27N3O3/c1-13-17(18-15(20-13)5-2-6-16(18)23)19(24)22-7-3-4-14(12-22)21-8-10-25-11-9-21/h14,20H,2-12H2,1H3/t14-/m1/s1. The number of morpholine rings is 1. The summed E-state index contributed by atoms with van der Waals surface area (Å²) >= 11 is 0. The number of aromatic amines is 1. The number of H-pyrrole nitrogens is 1. The molecule has 4 rings (SSSR count). The fourth-order valence-corrected chi connectivity index (χ4v) is 4.54. The zero-order valence-corrected chi connectivity index (χ0v) is 15.0. The smallest absolute Gasteiger partial charge is 0.256 e. The Balaban J connectivity index is 1.55. The lowest BCUT2D eigenvalue weighted by Gasteiger charge is -2.41. The predicted molar refractivity (Wildman–Crippen MR) is 94.1 cm³/mol. The highest BCUT2D eigenvalue weighted by molar-refractivity contribution is 6.10. The van der Waals surface area contributed by atoms with Crippen LogP contribution in [0.4, 0.5) is 0 Å². The van der Waals surface area contributed by atoms with Crippen molar-refractivity contribution in [3.05, 3.63) is 22.5 Å². The summed E-state index contributed by atoms with van der Waals surface area (Å²) in [4.78, 5) is 33.4. The first-order valence-corrected chi connectivity index (χ1v) is 9.51. The van der Waals surface area contributed by atoms with E-state index in [4.69, 9.17) is 4.74 Å². The molecule has 1 aromatic rings. The van der Waals surface area contributed by atoms with Gasteiger partial charge in [0.15, 0.2) is 5.78 Å². The van der Waals surface area contributed by atoms with Gasteiger partial charge in [-0.05, 0) is 32.6 Å². The highest BCUT2D eigenvalue weighted by Crippen LogP contribution is 2.29. The molecule has 1 aromatic heterocycles. The van der Waals surface area contributed by atoms with E-state index in [9.17, 15) is 9.59 Å². The van der Waals surface area contributed by atoms with Crippen molar-refractivity contribution >= 4 is 11.7 Å². The van der Waals surface area contributed by atoms with Gasteiger partial charge in [-0.15, -0.1) is 0 Å². The first-order chi connectivity index (χ1) is 12.1. The van der Waals surface area contributed by atoms with Crippen LogP contribution < -0.4 is 0 Å². The van der Waals surface area contributed by atoms with Gasteiger partial charge in [0.1, 0.15) is 0 Å². The summed E-state index contributed by atoms with van der Waals surface area (Å²) in [6.07, 6.45) is 4.45. The topological polar surface area (TPSA) is 65.6 Å². The highest BCUT2D eigenvalue weighted by Gasteiger charge is 2.34. The molecule has 0 radical (unpaired) electrons. The lowest BCUT2D eigenvalue weighted by Crippen LogP contribution is -2.52. The van der Waals surface area contributed by atoms with Gasteiger partial charge in [-0.2, -0.15) is 0 Å². The minimum Gasteiger partial charge on any atom is -0.379 e. The molecule has 3 aliphatic rings. The van der Waals surface area contributed by atoms with Gasteiger partial charge in [0.2, 0.25) is 0 Å². The fraction of sp³-hybridized carbons (Fsp3) is 0.684. The number of Topliss-reactive ketones (excluding diaryl/α,β-unsaturated/α-hetero) is 1. The lowest BCUT2D eigenvalue weighted by atomic mass is 9.92. The Labute approximate surface area is 148 Å². The van der Waals surface area contributed by atoms with E-state index in [1.165, 1.54) is 0 Å². The van der Waals surface area contributed by atoms with Gasteiger partial charge in [0.25, 0.3) is 5.91 Å². The van der Waals surface area contributed by atoms with Crippen molar-refractivity contribution in [2.24, 2.45) is 0 Å². The van der Waals surface area contributed by atoms with Crippen LogP contribution >= 0.6 is 0 Å². The average molecular weight is 345 g/mol. The number of aromatic nitrogens is 1. The number of ketones is 1. The van der Waals surface area contributed by atoms with Crippen LogP contribution in [0.3, 0.4) is 0 Å². The maximum Gasteiger partial charge on any atom is 0.256 e. The molecule has 1 atom stereocenters. The monoisotopic (exact) mass is 345 g/mol. The first kappa shape index (κ1) is 16.8. The summed E-state index contributed by atoms with van der Waals surface area (Å²) in [5, 5.41) is 0. The summed E-state index contributed by atoms with van der Waals surface area (Å²) in [5.41, 5.74) is 3.10. The van der Waals surface area contributed by atoms with Crippen molar-refractivity contribution in [3.8, 4) is 0 Å². The number of likely N-dealkylation sites (tertiary alicyclic amines) is 1. The maximum atomic E-state index is 13.2. The molecule has 0 spiro atoms. The van der Waals surface area contributed by atoms with E-state index in [1.807, 2.05) is 11.8 Å². The summed E-state index contributed by atoms with van der Waals surface area (Å²) in [5.74, 6) is 0.152. The van der Waals surface area contributed by atoms with Gasteiger partial charge >= 0.3 is 0 Å². The van der Waals surface area contributed by atoms with E-state index in [2.05, 4.69) is 9.88 Å². The first-order valence-electron chi connectivity index (χ1n) is 9.51. The third kappa shape index (κ3) is 3.13. The molecule has 3 heterocycles. The van der Waals surface area contributed by atoms with Crippen LogP contribution in [0.2, 0.25) is 0 Å². The van der Waals surface area contributed by atoms with Gasteiger partial charge in [0.05, 0.1) is 24.3 Å². The van der Waals surface area contributed by atoms with Gasteiger partial charge in [-0.3, -0.25) is 14.5 Å². The molecule has 25 heavy (non-hydrogen) atoms. The van der Waals surface area contributed by atoms with Gasteiger partial charge < -0.3 is 14.6 Å². The number of carbonyl (C=O) groups is 2. The molecule has 6 nitrogen and oxygen atoms in total. The molecular formula is C19H27N3O3. The van der Waals surface area contributed by atoms with Crippen LogP contribution in [0.15, 0.2) is 0 Å². The number of ether oxygens (including phenoxy) is 1. The van der Waals surface area contributed by atoms with E-state index in [-0.39, 0.29) is 11.7 Å². The molecule has 2 aliphatic heterocycles. The Morgan fingerprint density at radius 2 is 1.96 bits per heavy atom. The Kier molecular flexibility index (Phi) is 4.65. The van der Waals surface area contributed by atoms with Crippen molar-refractivity contribution in [3.63, 3.8) is 0 Å². The van der Waals surface area contributed by atoms with E-state index in [1.54, 1.807) is 0 Å². The van der Waals surface area contributed by atoms with Gasteiger partial charge in [0, 0.05) is 50.0 Å². The zero-order valence-electron chi connectivity index (χ0n) is 15.0. The Morgan fingerprint density at radius 1 is 1.16 bits per heavy atom. The molecule has 1 amide bonds. The zero-order chi connectivity index (χ0) is 17.4. The number of carbonyl (C=O) groups excluding carboxylic acids is 2. The lowest BCUT2D eigenvalue weighted by molar-refractivity contribution is -0.00123. The number of hydrogen-bond donors (Lipinski definition) is 1. The van der Waals surface area contributed by atoms with Crippen LogP contribution in [0.1, 0.15) is 57.8 Å². The summed E-state index contributed by atoms with van der Waals surface area (Å²) in [6.45, 7) is 6.92. The maximum absolute atomic E-state index is 13.2. The van der Waals surface area contributed by atoms with Crippen molar-refractivity contribution < 1.29 is 14.3 Å². The molecular weight excluding hydrogens is 318 g/mol. The third-order valence-electron chi connectivity index (χ3n) is 5.83. The second kappa shape index (κ2) is 6.92. The van der Waals surface area contributed by atoms with E-state index < -0.39 is 0 Å². The van der Waals surface area contributed by atoms with E-state index in [0.717, 1.165) is 76.5 Å². The molecule has 136 valence electrons. The number of nitrogens with one attached hydrogen (secondary N) is 1. The molecule has 0 bridgehead atoms. The number of hydrogen-bond acceptors (Lipinski definition) is 4. The van der Waals surface area contributed by atoms with Crippen LogP contribution in [0.25, 0.3) is 0 Å². The van der Waals surface area contributed by atoms with Crippen molar-refractivity contribution in [2.45, 2.75) is 45.1 Å². The van der Waals surface area contributed by atoms with Crippen molar-refractivity contribution in [1.82, 2.24) is 14.8 Å². The third-order valence-corrected chi connectivity index (χ3v) is 5.83. The number of nitrogens with zero attached hydrogens (tertiary/aromatic N) is 2. The van der Waals surface area contributed by atoms with Crippen molar-refractivity contribution in [1.29, 1.82) is 0 Å². The number of fused-ring (bicyclic) bond motifs is 1. The average Bonchev–Trinajstić information content (AvgIpc) is 2.99. The van der Waals surface area contributed by atoms with Crippen LogP contribution in [-0.4, -0.2) is 71.9 Å². The van der Waals surface area contributed by atoms with Crippen LogP contribution in [0, 0.1) is 6.92 Å². The summed E-state index contributed by atoms with van der Waals surface area (Å²) in [6, 6.07) is 0.410. The Bertz CT molecular complexity index is 676. The highest BCUT2D eigenvalue weighted by atomic mass is 16.5. The summed E-state index contributed by atoms with van der Waals surface area (Å²) < 4.78 is 5.45.